The summed E-state index contributed by atoms with van der Waals surface area (Å²) in [5.41, 5.74) is 7.01. The molecule has 84 valence electrons. The number of hydrogen-bond acceptors (Lipinski definition) is 6. The molecule has 2 aromatic rings. The van der Waals surface area contributed by atoms with Crippen molar-refractivity contribution in [2.45, 2.75) is 0 Å². The molecule has 0 atom stereocenters. The minimum atomic E-state index is 0. The number of rotatable bonds is 2. The second kappa shape index (κ2) is 6.55. The van der Waals surface area contributed by atoms with E-state index in [0.29, 0.717) is 11.1 Å². The van der Waals surface area contributed by atoms with Crippen LogP contribution in [0, 0.1) is 14.5 Å². The second-order valence-corrected chi connectivity index (χ2v) is 3.40. The fourth-order valence-electron chi connectivity index (χ4n) is 0.992. The Balaban J connectivity index is 0.00000112. The number of nitrogens with two attached hydrogens (primary N) is 1. The van der Waals surface area contributed by atoms with E-state index in [4.69, 9.17) is 5.73 Å². The third-order valence-electron chi connectivity index (χ3n) is 1.60. The summed E-state index contributed by atoms with van der Waals surface area (Å²) in [7, 11) is 3.48. The predicted octanol–water partition coefficient (Wildman–Crippen LogP) is 1.83. The third-order valence-corrected chi connectivity index (χ3v) is 2.27. The Morgan fingerprint density at radius 1 is 1.31 bits per heavy atom. The van der Waals surface area contributed by atoms with Gasteiger partial charge in [0.25, 0.3) is 0 Å². The maximum atomic E-state index is 5.52. The van der Waals surface area contributed by atoms with Crippen molar-refractivity contribution in [1.82, 2.24) is 15.0 Å². The maximum Gasteiger partial charge on any atom is 2.00 e. The first-order valence-electron chi connectivity index (χ1n) is 3.87. The van der Waals surface area contributed by atoms with Crippen molar-refractivity contribution < 1.29 is 21.1 Å². The molecule has 3 N–H and O–H groups in total. The van der Waals surface area contributed by atoms with Gasteiger partial charge in [-0.1, -0.05) is 0 Å². The second-order valence-electron chi connectivity index (χ2n) is 2.51. The monoisotopic (exact) mass is 405 g/mol. The molecule has 0 bridgehead atoms. The molecule has 0 aromatic carbocycles. The summed E-state index contributed by atoms with van der Waals surface area (Å²) in [6.45, 7) is 0. The molecular weight excluding hydrogens is 394 g/mol. The molecule has 2 aromatic heterocycles. The number of anilines is 2. The first-order valence-corrected chi connectivity index (χ1v) is 4.75. The van der Waals surface area contributed by atoms with Crippen LogP contribution in [0.3, 0.4) is 0 Å². The standard InChI is InChI=1S/C8H8N5S.CH3.W/c1-10-8-11-3-2-5(13-8)6-4-14-7(9)12-6;;/h2-4H,1H2,(H2,9,12)(H,10,11,13);1H3;/q2*-1;+2. The van der Waals surface area contributed by atoms with Crippen molar-refractivity contribution in [3.8, 4) is 11.4 Å². The summed E-state index contributed by atoms with van der Waals surface area (Å²) in [5, 5.41) is 5.00. The van der Waals surface area contributed by atoms with Gasteiger partial charge < -0.3 is 18.5 Å². The van der Waals surface area contributed by atoms with Crippen LogP contribution in [0.15, 0.2) is 17.6 Å². The van der Waals surface area contributed by atoms with Crippen LogP contribution in [0.25, 0.3) is 11.4 Å². The van der Waals surface area contributed by atoms with Crippen molar-refractivity contribution >= 4 is 22.4 Å². The van der Waals surface area contributed by atoms with E-state index in [1.54, 1.807) is 12.3 Å². The van der Waals surface area contributed by atoms with Crippen LogP contribution >= 0.6 is 11.3 Å². The molecule has 0 aliphatic rings. The molecule has 7 heteroatoms. The first kappa shape index (κ1) is 15.0. The molecular formula is C9H11N5SW. The van der Waals surface area contributed by atoms with Gasteiger partial charge in [-0.2, -0.15) is 0 Å². The Morgan fingerprint density at radius 3 is 2.62 bits per heavy atom. The SMILES string of the molecule is [CH2-]Nc1nccc(-c2csc(N)n2)n1.[CH3-].[W+2]. The summed E-state index contributed by atoms with van der Waals surface area (Å²) >= 11 is 1.38. The number of hydrogen-bond donors (Lipinski definition) is 2. The number of nitrogens with zero attached hydrogens (tertiary/aromatic N) is 3. The smallest absolute Gasteiger partial charge is 0.507 e. The molecule has 0 saturated carbocycles. The van der Waals surface area contributed by atoms with E-state index in [9.17, 15) is 0 Å². The van der Waals surface area contributed by atoms with Crippen LogP contribution in [-0.2, 0) is 21.1 Å². The van der Waals surface area contributed by atoms with Crippen LogP contribution in [0.5, 0.6) is 0 Å². The molecule has 0 radical (unpaired) electrons. The van der Waals surface area contributed by atoms with E-state index in [-0.39, 0.29) is 28.5 Å². The quantitative estimate of drug-likeness (QED) is 0.746. The number of aromatic nitrogens is 3. The molecule has 0 spiro atoms. The van der Waals surface area contributed by atoms with Crippen molar-refractivity contribution in [2.24, 2.45) is 0 Å². The Morgan fingerprint density at radius 2 is 2.06 bits per heavy atom. The maximum absolute atomic E-state index is 5.52. The van der Waals surface area contributed by atoms with Gasteiger partial charge in [0.15, 0.2) is 11.1 Å². The molecule has 2 rings (SSSR count). The van der Waals surface area contributed by atoms with Gasteiger partial charge in [-0.05, 0) is 6.07 Å². The number of nitrogens with one attached hydrogen (secondary N) is 1. The van der Waals surface area contributed by atoms with Crippen LogP contribution in [0.2, 0.25) is 0 Å². The number of nitrogen functional groups attached to an aromatic ring is 1. The Bertz CT molecular complexity index is 445. The summed E-state index contributed by atoms with van der Waals surface area (Å²) in [6, 6.07) is 1.77. The topological polar surface area (TPSA) is 76.7 Å². The van der Waals surface area contributed by atoms with Crippen LogP contribution in [-0.4, -0.2) is 15.0 Å². The Hall–Kier alpha value is -1.00. The minimum Gasteiger partial charge on any atom is -0.507 e. The first-order chi connectivity index (χ1) is 6.79. The Labute approximate surface area is 113 Å². The minimum absolute atomic E-state index is 0. The van der Waals surface area contributed by atoms with Gasteiger partial charge in [-0.3, -0.25) is 7.05 Å². The van der Waals surface area contributed by atoms with Gasteiger partial charge >= 0.3 is 21.1 Å². The van der Waals surface area contributed by atoms with E-state index in [0.717, 1.165) is 11.4 Å². The van der Waals surface area contributed by atoms with Gasteiger partial charge in [0.1, 0.15) is 5.69 Å². The molecule has 0 saturated heterocycles. The van der Waals surface area contributed by atoms with Crippen molar-refractivity contribution in [2.75, 3.05) is 11.1 Å². The average molecular weight is 405 g/mol. The zero-order valence-electron chi connectivity index (χ0n) is 8.67. The molecule has 0 unspecified atom stereocenters. The molecule has 0 aliphatic carbocycles. The fraction of sp³-hybridized carbons (Fsp3) is 0. The van der Waals surface area contributed by atoms with Crippen molar-refractivity contribution in [1.29, 1.82) is 0 Å². The van der Waals surface area contributed by atoms with Gasteiger partial charge in [-0.15, -0.1) is 11.3 Å². The van der Waals surface area contributed by atoms with E-state index in [1.807, 2.05) is 5.38 Å². The summed E-state index contributed by atoms with van der Waals surface area (Å²) in [4.78, 5) is 12.2. The zero-order valence-corrected chi connectivity index (χ0v) is 12.4. The van der Waals surface area contributed by atoms with E-state index < -0.39 is 0 Å². The normalized spacial score (nSPS) is 8.81. The summed E-state index contributed by atoms with van der Waals surface area (Å²) < 4.78 is 0. The van der Waals surface area contributed by atoms with E-state index in [2.05, 4.69) is 27.3 Å². The fourth-order valence-corrected chi connectivity index (χ4v) is 1.55. The van der Waals surface area contributed by atoms with Crippen LogP contribution in [0.1, 0.15) is 0 Å². The zero-order chi connectivity index (χ0) is 9.97. The summed E-state index contributed by atoms with van der Waals surface area (Å²) in [6.07, 6.45) is 1.64. The average Bonchev–Trinajstić information content (AvgIpc) is 2.65. The third kappa shape index (κ3) is 3.25. The molecule has 2 heterocycles. The Kier molecular flexibility index (Phi) is 6.14. The van der Waals surface area contributed by atoms with Crippen molar-refractivity contribution in [3.63, 3.8) is 0 Å². The van der Waals surface area contributed by atoms with Gasteiger partial charge in [0, 0.05) is 11.6 Å². The molecule has 0 fully saturated rings. The molecule has 0 aliphatic heterocycles. The number of thiazole rings is 1. The van der Waals surface area contributed by atoms with Gasteiger partial charge in [0.2, 0.25) is 0 Å². The predicted molar refractivity (Wildman–Crippen MR) is 62.9 cm³/mol. The van der Waals surface area contributed by atoms with Crippen molar-refractivity contribution in [3.05, 3.63) is 32.1 Å². The molecule has 16 heavy (non-hydrogen) atoms. The summed E-state index contributed by atoms with van der Waals surface area (Å²) in [5.74, 6) is 0.467. The van der Waals surface area contributed by atoms with E-state index >= 15 is 0 Å². The van der Waals surface area contributed by atoms with Crippen LogP contribution < -0.4 is 11.1 Å². The van der Waals surface area contributed by atoms with Crippen LogP contribution in [0.4, 0.5) is 11.1 Å². The largest absolute Gasteiger partial charge is 2.00 e. The molecule has 5 nitrogen and oxygen atoms in total. The van der Waals surface area contributed by atoms with Gasteiger partial charge in [0.05, 0.1) is 5.69 Å². The van der Waals surface area contributed by atoms with E-state index in [1.165, 1.54) is 11.3 Å². The molecule has 0 amide bonds. The van der Waals surface area contributed by atoms with Gasteiger partial charge in [-0.25, -0.2) is 15.0 Å².